The second-order valence-corrected chi connectivity index (χ2v) is 5.36. The van der Waals surface area contributed by atoms with Crippen molar-refractivity contribution < 1.29 is 9.18 Å². The van der Waals surface area contributed by atoms with E-state index in [1.165, 1.54) is 37.3 Å². The smallest absolute Gasteiger partial charge is 0.221 e. The highest BCUT2D eigenvalue weighted by Crippen LogP contribution is 2.19. The van der Waals surface area contributed by atoms with Gasteiger partial charge in [-0.15, -0.1) is 0 Å². The number of amides is 1. The number of rotatable bonds is 7. The second kappa shape index (κ2) is 8.45. The largest absolute Gasteiger partial charge is 0.382 e. The fraction of sp³-hybridized carbons (Fsp3) is 0.471. The summed E-state index contributed by atoms with van der Waals surface area (Å²) in [6, 6.07) is 6.49. The molecule has 1 aromatic carbocycles. The maximum atomic E-state index is 13.4. The van der Waals surface area contributed by atoms with E-state index in [9.17, 15) is 9.18 Å². The van der Waals surface area contributed by atoms with E-state index in [2.05, 4.69) is 16.7 Å². The Labute approximate surface area is 125 Å². The van der Waals surface area contributed by atoms with Crippen molar-refractivity contribution in [3.05, 3.63) is 41.7 Å². The van der Waals surface area contributed by atoms with Crippen LogP contribution in [-0.4, -0.2) is 19.0 Å². The lowest BCUT2D eigenvalue weighted by Crippen LogP contribution is -2.26. The molecule has 0 fully saturated rings. The van der Waals surface area contributed by atoms with Crippen molar-refractivity contribution in [1.82, 2.24) is 5.32 Å². The Morgan fingerprint density at radius 2 is 2.05 bits per heavy atom. The van der Waals surface area contributed by atoms with E-state index in [0.717, 1.165) is 6.42 Å². The van der Waals surface area contributed by atoms with Gasteiger partial charge in [0.15, 0.2) is 0 Å². The molecule has 0 spiro atoms. The van der Waals surface area contributed by atoms with E-state index >= 15 is 0 Å². The maximum Gasteiger partial charge on any atom is 0.221 e. The van der Waals surface area contributed by atoms with Crippen LogP contribution in [0.1, 0.15) is 38.5 Å². The van der Waals surface area contributed by atoms with Crippen molar-refractivity contribution in [2.45, 2.75) is 38.5 Å². The maximum absolute atomic E-state index is 13.4. The van der Waals surface area contributed by atoms with Gasteiger partial charge in [0.05, 0.1) is 5.69 Å². The standard InChI is InChI=1S/C17H23FN2O/c18-15-8-4-5-9-16(15)19-13-11-17(21)20-12-10-14-6-2-1-3-7-14/h4-6,8-9,19H,1-3,7,10-13H2,(H,20,21). The van der Waals surface area contributed by atoms with Crippen molar-refractivity contribution in [3.63, 3.8) is 0 Å². The Hall–Kier alpha value is -1.84. The van der Waals surface area contributed by atoms with Crippen molar-refractivity contribution >= 4 is 11.6 Å². The molecule has 1 aliphatic carbocycles. The number of anilines is 1. The molecule has 0 aromatic heterocycles. The molecule has 1 amide bonds. The monoisotopic (exact) mass is 290 g/mol. The first kappa shape index (κ1) is 15.5. The molecule has 0 unspecified atom stereocenters. The second-order valence-electron chi connectivity index (χ2n) is 5.36. The number of carbonyl (C=O) groups is 1. The van der Waals surface area contributed by atoms with E-state index in [1.807, 2.05) is 0 Å². The topological polar surface area (TPSA) is 41.1 Å². The van der Waals surface area contributed by atoms with Gasteiger partial charge in [-0.25, -0.2) is 4.39 Å². The van der Waals surface area contributed by atoms with Gasteiger partial charge in [-0.1, -0.05) is 23.8 Å². The van der Waals surface area contributed by atoms with Crippen LogP contribution in [0.4, 0.5) is 10.1 Å². The number of hydrogen-bond acceptors (Lipinski definition) is 2. The van der Waals surface area contributed by atoms with Gasteiger partial charge in [0.1, 0.15) is 5.82 Å². The van der Waals surface area contributed by atoms with Crippen LogP contribution in [0.25, 0.3) is 0 Å². The van der Waals surface area contributed by atoms with E-state index in [1.54, 1.807) is 18.2 Å². The Bertz CT molecular complexity index is 499. The predicted molar refractivity (Wildman–Crippen MR) is 83.7 cm³/mol. The van der Waals surface area contributed by atoms with E-state index in [4.69, 9.17) is 0 Å². The van der Waals surface area contributed by atoms with Gasteiger partial charge in [0.25, 0.3) is 0 Å². The molecule has 2 N–H and O–H groups in total. The highest BCUT2D eigenvalue weighted by Gasteiger charge is 2.05. The molecule has 4 heteroatoms. The normalized spacial score (nSPS) is 14.4. The molecule has 1 aromatic rings. The fourth-order valence-corrected chi connectivity index (χ4v) is 2.50. The van der Waals surface area contributed by atoms with Gasteiger partial charge in [0.2, 0.25) is 5.91 Å². The molecule has 0 bridgehead atoms. The molecule has 0 heterocycles. The number of halogens is 1. The molecule has 0 saturated heterocycles. The predicted octanol–water partition coefficient (Wildman–Crippen LogP) is 3.63. The Morgan fingerprint density at radius 3 is 2.81 bits per heavy atom. The summed E-state index contributed by atoms with van der Waals surface area (Å²) in [5.41, 5.74) is 1.91. The van der Waals surface area contributed by atoms with Crippen molar-refractivity contribution in [3.8, 4) is 0 Å². The van der Waals surface area contributed by atoms with Crippen LogP contribution in [0.3, 0.4) is 0 Å². The molecule has 0 atom stereocenters. The zero-order valence-corrected chi connectivity index (χ0v) is 12.3. The SMILES string of the molecule is O=C(CCNc1ccccc1F)NCCC1=CCCCC1. The Kier molecular flexibility index (Phi) is 6.25. The van der Waals surface area contributed by atoms with E-state index < -0.39 is 0 Å². The first-order valence-corrected chi connectivity index (χ1v) is 7.69. The summed E-state index contributed by atoms with van der Waals surface area (Å²) in [5, 5.41) is 5.85. The number of benzene rings is 1. The molecule has 0 saturated carbocycles. The average Bonchev–Trinajstić information content (AvgIpc) is 2.50. The van der Waals surface area contributed by atoms with Crippen LogP contribution in [-0.2, 0) is 4.79 Å². The third kappa shape index (κ3) is 5.58. The van der Waals surface area contributed by atoms with E-state index in [-0.39, 0.29) is 11.7 Å². The van der Waals surface area contributed by atoms with Gasteiger partial charge in [0, 0.05) is 19.5 Å². The first-order valence-electron chi connectivity index (χ1n) is 7.69. The van der Waals surface area contributed by atoms with Gasteiger partial charge in [-0.2, -0.15) is 0 Å². The first-order chi connectivity index (χ1) is 10.3. The van der Waals surface area contributed by atoms with Crippen LogP contribution in [0.2, 0.25) is 0 Å². The fourth-order valence-electron chi connectivity index (χ4n) is 2.50. The third-order valence-corrected chi connectivity index (χ3v) is 3.69. The minimum Gasteiger partial charge on any atom is -0.382 e. The Morgan fingerprint density at radius 1 is 1.19 bits per heavy atom. The molecule has 0 aliphatic heterocycles. The summed E-state index contributed by atoms with van der Waals surface area (Å²) in [6.07, 6.45) is 8.51. The van der Waals surface area contributed by atoms with E-state index in [0.29, 0.717) is 25.2 Å². The third-order valence-electron chi connectivity index (χ3n) is 3.69. The van der Waals surface area contributed by atoms with Crippen molar-refractivity contribution in [2.75, 3.05) is 18.4 Å². The molecule has 21 heavy (non-hydrogen) atoms. The van der Waals surface area contributed by atoms with Crippen LogP contribution >= 0.6 is 0 Å². The highest BCUT2D eigenvalue weighted by molar-refractivity contribution is 5.76. The molecule has 114 valence electrons. The van der Waals surface area contributed by atoms with Gasteiger partial charge in [-0.05, 0) is 44.2 Å². The number of hydrogen-bond donors (Lipinski definition) is 2. The molecule has 1 aliphatic rings. The Balaban J connectivity index is 1.59. The summed E-state index contributed by atoms with van der Waals surface area (Å²) in [6.45, 7) is 1.14. The lowest BCUT2D eigenvalue weighted by Gasteiger charge is -2.13. The van der Waals surface area contributed by atoms with Crippen LogP contribution < -0.4 is 10.6 Å². The van der Waals surface area contributed by atoms with Crippen LogP contribution in [0, 0.1) is 5.82 Å². The van der Waals surface area contributed by atoms with Gasteiger partial charge >= 0.3 is 0 Å². The van der Waals surface area contributed by atoms with Crippen LogP contribution in [0.5, 0.6) is 0 Å². The summed E-state index contributed by atoms with van der Waals surface area (Å²) in [7, 11) is 0. The molecular weight excluding hydrogens is 267 g/mol. The van der Waals surface area contributed by atoms with Gasteiger partial charge in [-0.3, -0.25) is 4.79 Å². The zero-order valence-electron chi connectivity index (χ0n) is 12.3. The molecule has 2 rings (SSSR count). The summed E-state index contributed by atoms with van der Waals surface area (Å²) < 4.78 is 13.4. The van der Waals surface area contributed by atoms with Crippen molar-refractivity contribution in [2.24, 2.45) is 0 Å². The number of allylic oxidation sites excluding steroid dienone is 1. The minimum atomic E-state index is -0.290. The lowest BCUT2D eigenvalue weighted by atomic mass is 9.97. The molecule has 3 nitrogen and oxygen atoms in total. The van der Waals surface area contributed by atoms with Crippen molar-refractivity contribution in [1.29, 1.82) is 0 Å². The van der Waals surface area contributed by atoms with Crippen LogP contribution in [0.15, 0.2) is 35.9 Å². The quantitative estimate of drug-likeness (QED) is 0.753. The summed E-state index contributed by atoms with van der Waals surface area (Å²) in [4.78, 5) is 11.7. The average molecular weight is 290 g/mol. The summed E-state index contributed by atoms with van der Waals surface area (Å²) in [5.74, 6) is -0.280. The number of nitrogens with one attached hydrogen (secondary N) is 2. The molecule has 0 radical (unpaired) electrons. The number of para-hydroxylation sites is 1. The zero-order chi connectivity index (χ0) is 14.9. The van der Waals surface area contributed by atoms with Gasteiger partial charge < -0.3 is 10.6 Å². The highest BCUT2D eigenvalue weighted by atomic mass is 19.1. The minimum absolute atomic E-state index is 0.00949. The lowest BCUT2D eigenvalue weighted by molar-refractivity contribution is -0.120. The number of carbonyl (C=O) groups excluding carboxylic acids is 1. The molecular formula is C17H23FN2O. The summed E-state index contributed by atoms with van der Waals surface area (Å²) >= 11 is 0.